The van der Waals surface area contributed by atoms with Gasteiger partial charge < -0.3 is 0 Å². The zero-order valence-electron chi connectivity index (χ0n) is 29.1. The van der Waals surface area contributed by atoms with Crippen LogP contribution in [-0.2, 0) is 0 Å². The summed E-state index contributed by atoms with van der Waals surface area (Å²) in [6.07, 6.45) is 0. The van der Waals surface area contributed by atoms with Crippen LogP contribution in [0.3, 0.4) is 0 Å². The van der Waals surface area contributed by atoms with Crippen molar-refractivity contribution in [3.63, 3.8) is 0 Å². The minimum atomic E-state index is 0.170. The molecule has 0 bridgehead atoms. The fourth-order valence-corrected chi connectivity index (χ4v) is 11.3. The van der Waals surface area contributed by atoms with Crippen molar-refractivity contribution in [1.82, 2.24) is 0 Å². The molecule has 0 fully saturated rings. The number of fused-ring (bicyclic) bond motifs is 7. The Morgan fingerprint density at radius 2 is 0.868 bits per heavy atom. The number of hydrogen-bond acceptors (Lipinski definition) is 1. The van der Waals surface area contributed by atoms with Gasteiger partial charge in [-0.15, -0.1) is 0 Å². The van der Waals surface area contributed by atoms with Crippen molar-refractivity contribution < 1.29 is 4.42 Å². The summed E-state index contributed by atoms with van der Waals surface area (Å²) in [5.74, 6) is 1.84. The van der Waals surface area contributed by atoms with Crippen molar-refractivity contribution in [1.29, 1.82) is 0 Å². The van der Waals surface area contributed by atoms with Gasteiger partial charge in [0.2, 0.25) is 0 Å². The third-order valence-electron chi connectivity index (χ3n) is 11.0. The predicted octanol–water partition coefficient (Wildman–Crippen LogP) is 14.2. The fourth-order valence-electron chi connectivity index (χ4n) is 8.80. The minimum absolute atomic E-state index is 0.170. The van der Waals surface area contributed by atoms with Gasteiger partial charge in [-0.25, -0.2) is 0 Å². The quantitative estimate of drug-likeness (QED) is 0.129. The molecule has 0 radical (unpaired) electrons. The molecule has 9 aromatic carbocycles. The molecule has 0 aliphatic rings. The van der Waals surface area contributed by atoms with E-state index in [0.717, 1.165) is 17.1 Å². The maximum atomic E-state index is 6.26. The Hall–Kier alpha value is -6.18. The number of furan rings is 1. The van der Waals surface area contributed by atoms with Gasteiger partial charge >= 0.3 is 315 Å². The van der Waals surface area contributed by atoms with Gasteiger partial charge in [-0.05, 0) is 0 Å². The van der Waals surface area contributed by atoms with E-state index in [-0.39, 0.29) is 14.5 Å². The first-order chi connectivity index (χ1) is 26.2. The second-order valence-electron chi connectivity index (χ2n) is 14.0. The average Bonchev–Trinajstić information content (AvgIpc) is 3.82. The van der Waals surface area contributed by atoms with Crippen LogP contribution in [0.1, 0.15) is 5.76 Å². The summed E-state index contributed by atoms with van der Waals surface area (Å²) in [4.78, 5) is 0. The summed E-state index contributed by atoms with van der Waals surface area (Å²) in [6.45, 7) is 2.02. The van der Waals surface area contributed by atoms with Crippen LogP contribution in [0, 0.1) is 6.92 Å². The molecule has 0 unspecified atom stereocenters. The average molecular weight is 740 g/mol. The summed E-state index contributed by atoms with van der Waals surface area (Å²) < 4.78 is 9.14. The van der Waals surface area contributed by atoms with Crippen LogP contribution < -0.4 is 0 Å². The van der Waals surface area contributed by atoms with Crippen LogP contribution in [0.15, 0.2) is 180 Å². The van der Waals surface area contributed by atoms with E-state index in [1.165, 1.54) is 95.8 Å². The van der Waals surface area contributed by atoms with Crippen LogP contribution in [0.4, 0.5) is 0 Å². The Balaban J connectivity index is 1.18. The molecule has 0 amide bonds. The summed E-state index contributed by atoms with van der Waals surface area (Å²) >= 11 is 0.170. The topological polar surface area (TPSA) is 13.1 Å². The molecular formula is C51H32OSe. The molecule has 2 aromatic heterocycles. The number of rotatable bonds is 4. The molecule has 0 saturated carbocycles. The first kappa shape index (κ1) is 30.4. The molecule has 248 valence electrons. The number of benzene rings is 9. The van der Waals surface area contributed by atoms with E-state index in [1.54, 1.807) is 0 Å². The van der Waals surface area contributed by atoms with Crippen molar-refractivity contribution in [3.05, 3.63) is 182 Å². The molecule has 1 nitrogen and oxygen atoms in total. The van der Waals surface area contributed by atoms with Crippen LogP contribution in [0.25, 0.3) is 107 Å². The Bertz CT molecular complexity index is 3120. The first-order valence-corrected chi connectivity index (χ1v) is 19.9. The molecule has 0 aliphatic heterocycles. The van der Waals surface area contributed by atoms with Crippen molar-refractivity contribution in [2.24, 2.45) is 0 Å². The summed E-state index contributed by atoms with van der Waals surface area (Å²) in [7, 11) is 0. The van der Waals surface area contributed by atoms with Gasteiger partial charge in [0.25, 0.3) is 0 Å². The molecule has 0 atom stereocenters. The van der Waals surface area contributed by atoms with Crippen molar-refractivity contribution in [2.75, 3.05) is 0 Å². The second kappa shape index (κ2) is 11.9. The van der Waals surface area contributed by atoms with Crippen LogP contribution in [0.5, 0.6) is 0 Å². The predicted molar refractivity (Wildman–Crippen MR) is 227 cm³/mol. The molecule has 11 rings (SSSR count). The van der Waals surface area contributed by atoms with Crippen LogP contribution in [0.2, 0.25) is 0 Å². The van der Waals surface area contributed by atoms with E-state index in [9.17, 15) is 0 Å². The SMILES string of the molecule is Cc1ccc(-c2c3ccccc3c(-c3ccc4c(c3)[se]c3cccc(-c5c6ccccc6c(-c6ccccc6)c6ccccc56)c34)c3ccccc23)o1. The van der Waals surface area contributed by atoms with Gasteiger partial charge in [0.1, 0.15) is 0 Å². The Morgan fingerprint density at radius 1 is 0.358 bits per heavy atom. The first-order valence-electron chi connectivity index (χ1n) is 18.2. The van der Waals surface area contributed by atoms with Crippen molar-refractivity contribution in [3.8, 4) is 44.7 Å². The third kappa shape index (κ3) is 4.63. The van der Waals surface area contributed by atoms with Crippen LogP contribution in [-0.4, -0.2) is 14.5 Å². The van der Waals surface area contributed by atoms with E-state index in [4.69, 9.17) is 4.42 Å². The maximum absolute atomic E-state index is 6.26. The van der Waals surface area contributed by atoms with Crippen molar-refractivity contribution in [2.45, 2.75) is 6.92 Å². The number of hydrogen-bond donors (Lipinski definition) is 0. The van der Waals surface area contributed by atoms with Gasteiger partial charge in [-0.3, -0.25) is 0 Å². The Morgan fingerprint density at radius 3 is 1.42 bits per heavy atom. The zero-order valence-corrected chi connectivity index (χ0v) is 30.8. The van der Waals surface area contributed by atoms with Gasteiger partial charge in [-0.2, -0.15) is 0 Å². The third-order valence-corrected chi connectivity index (χ3v) is 13.3. The molecule has 11 aromatic rings. The monoisotopic (exact) mass is 740 g/mol. The fraction of sp³-hybridized carbons (Fsp3) is 0.0196. The van der Waals surface area contributed by atoms with E-state index in [1.807, 2.05) is 6.92 Å². The summed E-state index contributed by atoms with van der Waals surface area (Å²) in [6, 6.07) is 64.9. The molecule has 0 saturated heterocycles. The van der Waals surface area contributed by atoms with E-state index in [2.05, 4.69) is 176 Å². The van der Waals surface area contributed by atoms with Gasteiger partial charge in [-0.1, -0.05) is 0 Å². The standard InChI is InChI=1S/C51H32OSe/c1-31-26-29-44(52-31)50-40-22-11-7-18-36(40)48(37-19-8-12-23-41(37)50)33-27-28-42-46(30-33)53-45-25-13-24-43(51(42)45)49-38-20-9-5-16-34(38)47(32-14-3-2-4-15-32)35-17-6-10-21-39(35)49/h2-30H,1H3. The number of aryl methyl sites for hydroxylation is 1. The van der Waals surface area contributed by atoms with E-state index < -0.39 is 0 Å². The molecule has 53 heavy (non-hydrogen) atoms. The Labute approximate surface area is 313 Å². The summed E-state index contributed by atoms with van der Waals surface area (Å²) in [5.41, 5.74) is 8.89. The molecule has 0 spiro atoms. The Kier molecular flexibility index (Phi) is 6.86. The van der Waals surface area contributed by atoms with Crippen molar-refractivity contribution >= 4 is 76.9 Å². The van der Waals surface area contributed by atoms with Gasteiger partial charge in [0, 0.05) is 0 Å². The van der Waals surface area contributed by atoms with E-state index >= 15 is 0 Å². The summed E-state index contributed by atoms with van der Waals surface area (Å²) in [5, 5.41) is 12.8. The van der Waals surface area contributed by atoms with Gasteiger partial charge in [0.15, 0.2) is 0 Å². The zero-order chi connectivity index (χ0) is 35.0. The van der Waals surface area contributed by atoms with E-state index in [0.29, 0.717) is 0 Å². The second-order valence-corrected chi connectivity index (χ2v) is 16.2. The molecular weight excluding hydrogens is 708 g/mol. The molecule has 0 N–H and O–H groups in total. The normalized spacial score (nSPS) is 11.9. The van der Waals surface area contributed by atoms with Gasteiger partial charge in [0.05, 0.1) is 0 Å². The molecule has 2 heteroatoms. The molecule has 0 aliphatic carbocycles. The molecule has 2 heterocycles. The van der Waals surface area contributed by atoms with Crippen LogP contribution >= 0.6 is 0 Å².